The third-order valence-electron chi connectivity index (χ3n) is 1.71. The third kappa shape index (κ3) is 3.23. The van der Waals surface area contributed by atoms with E-state index >= 15 is 0 Å². The van der Waals surface area contributed by atoms with Crippen LogP contribution in [0.1, 0.15) is 23.1 Å². The topological polar surface area (TPSA) is 26.3 Å². The summed E-state index contributed by atoms with van der Waals surface area (Å²) in [6.07, 6.45) is 1.18. The number of thiophene rings is 1. The van der Waals surface area contributed by atoms with E-state index in [1.165, 1.54) is 12.0 Å². The molecule has 0 amide bonds. The fourth-order valence-electron chi connectivity index (χ4n) is 1.03. The molecule has 0 aliphatic rings. The van der Waals surface area contributed by atoms with E-state index in [4.69, 9.17) is 0 Å². The lowest BCUT2D eigenvalue weighted by Gasteiger charge is -1.95. The van der Waals surface area contributed by atoms with E-state index < -0.39 is 0 Å². The van der Waals surface area contributed by atoms with Gasteiger partial charge in [-0.1, -0.05) is 5.92 Å². The predicted molar refractivity (Wildman–Crippen MR) is 57.2 cm³/mol. The second kappa shape index (κ2) is 5.46. The van der Waals surface area contributed by atoms with Crippen LogP contribution >= 0.6 is 11.3 Å². The lowest BCUT2D eigenvalue weighted by atomic mass is 10.2. The number of hydrogen-bond acceptors (Lipinski definition) is 3. The smallest absolute Gasteiger partial charge is 0.305 e. The molecule has 0 spiro atoms. The van der Waals surface area contributed by atoms with Gasteiger partial charge in [0.1, 0.15) is 0 Å². The molecular formula is C11H12O2S. The van der Waals surface area contributed by atoms with Gasteiger partial charge in [0.15, 0.2) is 0 Å². The zero-order chi connectivity index (χ0) is 10.4. The summed E-state index contributed by atoms with van der Waals surface area (Å²) in [5.74, 6) is 5.66. The Bertz CT molecular complexity index is 368. The Kier molecular flexibility index (Phi) is 4.21. The van der Waals surface area contributed by atoms with Crippen LogP contribution in [0.15, 0.2) is 12.1 Å². The fourth-order valence-corrected chi connectivity index (χ4v) is 1.94. The number of hydrogen-bond donors (Lipinski definition) is 0. The standard InChI is InChI=1S/C11H12O2S/c1-3-4-9-5-6-10(14-9)7-8-11(12)13-2/h5-6H,7-8H2,1-2H3. The van der Waals surface area contributed by atoms with E-state index in [1.54, 1.807) is 11.3 Å². The summed E-state index contributed by atoms with van der Waals surface area (Å²) >= 11 is 1.63. The predicted octanol–water partition coefficient (Wildman–Crippen LogP) is 2.23. The summed E-state index contributed by atoms with van der Waals surface area (Å²) in [7, 11) is 1.41. The van der Waals surface area contributed by atoms with Gasteiger partial charge >= 0.3 is 5.97 Å². The zero-order valence-corrected chi connectivity index (χ0v) is 9.11. The van der Waals surface area contributed by atoms with E-state index in [1.807, 2.05) is 19.1 Å². The van der Waals surface area contributed by atoms with Crippen LogP contribution in [0.2, 0.25) is 0 Å². The molecule has 1 rings (SSSR count). The second-order valence-electron chi connectivity index (χ2n) is 2.72. The minimum Gasteiger partial charge on any atom is -0.469 e. The van der Waals surface area contributed by atoms with Crippen LogP contribution in [0.5, 0.6) is 0 Å². The van der Waals surface area contributed by atoms with Crippen LogP contribution in [0.25, 0.3) is 0 Å². The van der Waals surface area contributed by atoms with Gasteiger partial charge in [-0.2, -0.15) is 0 Å². The van der Waals surface area contributed by atoms with Crippen molar-refractivity contribution in [2.75, 3.05) is 7.11 Å². The molecule has 0 aromatic carbocycles. The molecule has 0 saturated carbocycles. The Balaban J connectivity index is 2.50. The highest BCUT2D eigenvalue weighted by Crippen LogP contribution is 2.17. The molecule has 0 fully saturated rings. The highest BCUT2D eigenvalue weighted by Gasteiger charge is 2.03. The van der Waals surface area contributed by atoms with Gasteiger partial charge in [-0.3, -0.25) is 4.79 Å². The van der Waals surface area contributed by atoms with Gasteiger partial charge in [0, 0.05) is 4.88 Å². The highest BCUT2D eigenvalue weighted by molar-refractivity contribution is 7.12. The second-order valence-corrected chi connectivity index (χ2v) is 3.89. The number of methoxy groups -OCH3 is 1. The Hall–Kier alpha value is -1.27. The Morgan fingerprint density at radius 1 is 1.57 bits per heavy atom. The van der Waals surface area contributed by atoms with Gasteiger partial charge < -0.3 is 4.74 Å². The molecule has 74 valence electrons. The molecule has 0 radical (unpaired) electrons. The Morgan fingerprint density at radius 2 is 2.36 bits per heavy atom. The van der Waals surface area contributed by atoms with E-state index in [2.05, 4.69) is 16.6 Å². The number of carbonyl (C=O) groups excluding carboxylic acids is 1. The minimum atomic E-state index is -0.165. The molecule has 3 heteroatoms. The van der Waals surface area contributed by atoms with Crippen molar-refractivity contribution in [3.8, 4) is 11.8 Å². The molecule has 1 aromatic rings. The van der Waals surface area contributed by atoms with Crippen LogP contribution in [-0.2, 0) is 16.0 Å². The van der Waals surface area contributed by atoms with Crippen molar-refractivity contribution in [2.45, 2.75) is 19.8 Å². The summed E-state index contributed by atoms with van der Waals surface area (Å²) < 4.78 is 4.56. The average molecular weight is 208 g/mol. The monoisotopic (exact) mass is 208 g/mol. The van der Waals surface area contributed by atoms with Crippen molar-refractivity contribution in [1.82, 2.24) is 0 Å². The first-order valence-corrected chi connectivity index (χ1v) is 5.16. The van der Waals surface area contributed by atoms with Crippen LogP contribution in [-0.4, -0.2) is 13.1 Å². The summed E-state index contributed by atoms with van der Waals surface area (Å²) in [5, 5.41) is 0. The zero-order valence-electron chi connectivity index (χ0n) is 8.29. The van der Waals surface area contributed by atoms with Crippen LogP contribution in [0.3, 0.4) is 0 Å². The first kappa shape index (κ1) is 10.8. The van der Waals surface area contributed by atoms with E-state index in [0.717, 1.165) is 11.3 Å². The van der Waals surface area contributed by atoms with E-state index in [0.29, 0.717) is 6.42 Å². The molecule has 0 unspecified atom stereocenters. The molecule has 0 bridgehead atoms. The van der Waals surface area contributed by atoms with Crippen LogP contribution in [0.4, 0.5) is 0 Å². The van der Waals surface area contributed by atoms with Crippen LogP contribution < -0.4 is 0 Å². The summed E-state index contributed by atoms with van der Waals surface area (Å²) in [6, 6.07) is 3.99. The van der Waals surface area contributed by atoms with E-state index in [9.17, 15) is 4.79 Å². The van der Waals surface area contributed by atoms with Crippen molar-refractivity contribution in [3.63, 3.8) is 0 Å². The van der Waals surface area contributed by atoms with Crippen molar-refractivity contribution in [2.24, 2.45) is 0 Å². The molecular weight excluding hydrogens is 196 g/mol. The van der Waals surface area contributed by atoms with Crippen molar-refractivity contribution >= 4 is 17.3 Å². The molecule has 2 nitrogen and oxygen atoms in total. The average Bonchev–Trinajstić information content (AvgIpc) is 2.63. The first-order valence-electron chi connectivity index (χ1n) is 4.34. The SMILES string of the molecule is CC#Cc1ccc(CCC(=O)OC)s1. The third-order valence-corrected chi connectivity index (χ3v) is 2.77. The number of aryl methyl sites for hydroxylation is 1. The Morgan fingerprint density at radius 3 is 3.00 bits per heavy atom. The maximum absolute atomic E-state index is 10.9. The lowest BCUT2D eigenvalue weighted by Crippen LogP contribution is -2.00. The first-order chi connectivity index (χ1) is 6.76. The van der Waals surface area contributed by atoms with Gasteiger partial charge in [0.25, 0.3) is 0 Å². The molecule has 0 atom stereocenters. The minimum absolute atomic E-state index is 0.165. The molecule has 0 N–H and O–H groups in total. The van der Waals surface area contributed by atoms with Crippen LogP contribution in [0, 0.1) is 11.8 Å². The van der Waals surface area contributed by atoms with Gasteiger partial charge in [-0.25, -0.2) is 0 Å². The quantitative estimate of drug-likeness (QED) is 0.562. The maximum Gasteiger partial charge on any atom is 0.305 e. The Labute approximate surface area is 87.9 Å². The van der Waals surface area contributed by atoms with Gasteiger partial charge in [-0.15, -0.1) is 17.3 Å². The maximum atomic E-state index is 10.9. The van der Waals surface area contributed by atoms with Crippen molar-refractivity contribution < 1.29 is 9.53 Å². The highest BCUT2D eigenvalue weighted by atomic mass is 32.1. The van der Waals surface area contributed by atoms with Crippen molar-refractivity contribution in [1.29, 1.82) is 0 Å². The lowest BCUT2D eigenvalue weighted by molar-refractivity contribution is -0.140. The normalized spacial score (nSPS) is 9.00. The number of esters is 1. The molecule has 0 saturated heterocycles. The number of rotatable bonds is 3. The molecule has 0 aliphatic carbocycles. The molecule has 1 aromatic heterocycles. The summed E-state index contributed by atoms with van der Waals surface area (Å²) in [5.41, 5.74) is 0. The number of carbonyl (C=O) groups is 1. The largest absolute Gasteiger partial charge is 0.469 e. The van der Waals surface area contributed by atoms with Gasteiger partial charge in [0.05, 0.1) is 18.4 Å². The fraction of sp³-hybridized carbons (Fsp3) is 0.364. The van der Waals surface area contributed by atoms with Gasteiger partial charge in [-0.05, 0) is 25.5 Å². The molecule has 1 heterocycles. The number of ether oxygens (including phenoxy) is 1. The summed E-state index contributed by atoms with van der Waals surface area (Å²) in [4.78, 5) is 13.1. The molecule has 14 heavy (non-hydrogen) atoms. The van der Waals surface area contributed by atoms with Crippen molar-refractivity contribution in [3.05, 3.63) is 21.9 Å². The molecule has 0 aliphatic heterocycles. The van der Waals surface area contributed by atoms with E-state index in [-0.39, 0.29) is 5.97 Å². The summed E-state index contributed by atoms with van der Waals surface area (Å²) in [6.45, 7) is 1.81. The van der Waals surface area contributed by atoms with Gasteiger partial charge in [0.2, 0.25) is 0 Å².